The van der Waals surface area contributed by atoms with E-state index >= 15 is 0 Å². The first-order chi connectivity index (χ1) is 33.5. The van der Waals surface area contributed by atoms with Gasteiger partial charge in [-0.3, -0.25) is 23.6 Å². The average Bonchev–Trinajstić information content (AvgIpc) is 4.02. The van der Waals surface area contributed by atoms with E-state index in [1.807, 2.05) is 6.07 Å². The summed E-state index contributed by atoms with van der Waals surface area (Å²) in [5.74, 6) is -12.9. The maximum atomic E-state index is 14.0. The quantitative estimate of drug-likeness (QED) is 0.130. The minimum Gasteiger partial charge on any atom is -0.349 e. The monoisotopic (exact) mass is 1110 g/mol. The molecule has 0 unspecified atom stereocenters. The van der Waals surface area contributed by atoms with Gasteiger partial charge in [0.2, 0.25) is 0 Å². The summed E-state index contributed by atoms with van der Waals surface area (Å²) >= 11 is 12.9. The standard InChI is InChI=1S/C22H15ClF8N6O.C20H13ClF8N4OS/c1-36-14(10-3-4-12(23)11(7-10)18(38)33-19(9-32)5-6-19)8-13(34-36)16-15(21(26,27)28)17(35-37(16)2)20(24,25)22(29,30)31;1-33-15(14(19(24,25)26)16(31-33)18(22,23)20(27,28)29)12-7-13(35-32-12)8-2-5-11(21)10(6-8)17(34)30-9-3-4-9/h3-4,7-8H,5-6H2,1-2H3,(H,33,38);2,5-7,9H,3-4H2,1H3,(H,30,34). The summed E-state index contributed by atoms with van der Waals surface area (Å²) in [5.41, 5.74) is -13.1. The number of rotatable bonds is 10. The largest absolute Gasteiger partial charge is 0.459 e. The lowest BCUT2D eigenvalue weighted by Crippen LogP contribution is -2.36. The van der Waals surface area contributed by atoms with E-state index in [9.17, 15) is 85.1 Å². The molecule has 2 amide bonds. The lowest BCUT2D eigenvalue weighted by molar-refractivity contribution is -0.292. The molecule has 0 atom stereocenters. The second-order valence-corrected chi connectivity index (χ2v) is 18.1. The van der Waals surface area contributed by atoms with Crippen molar-refractivity contribution in [1.29, 1.82) is 5.26 Å². The summed E-state index contributed by atoms with van der Waals surface area (Å²) in [6, 6.07) is 12.4. The number of nitriles is 1. The van der Waals surface area contributed by atoms with Crippen molar-refractivity contribution in [2.45, 2.75) is 73.8 Å². The maximum Gasteiger partial charge on any atom is 0.459 e. The molecule has 6 aromatic rings. The normalized spacial score (nSPS) is 15.1. The van der Waals surface area contributed by atoms with Crippen LogP contribution in [0.15, 0.2) is 48.5 Å². The molecule has 4 aromatic heterocycles. The number of halogens is 18. The van der Waals surface area contributed by atoms with E-state index in [-0.39, 0.29) is 52.7 Å². The zero-order valence-corrected chi connectivity index (χ0v) is 39.0. The first-order valence-electron chi connectivity index (χ1n) is 20.4. The highest BCUT2D eigenvalue weighted by atomic mass is 35.5. The van der Waals surface area contributed by atoms with E-state index in [0.29, 0.717) is 29.9 Å². The van der Waals surface area contributed by atoms with Crippen LogP contribution in [-0.4, -0.2) is 69.5 Å². The Kier molecular flexibility index (Phi) is 13.8. The summed E-state index contributed by atoms with van der Waals surface area (Å²) in [6.07, 6.45) is -21.3. The van der Waals surface area contributed by atoms with Gasteiger partial charge >= 0.3 is 36.6 Å². The van der Waals surface area contributed by atoms with Gasteiger partial charge in [0.1, 0.15) is 39.4 Å². The Morgan fingerprint density at radius 1 is 0.658 bits per heavy atom. The highest BCUT2D eigenvalue weighted by molar-refractivity contribution is 7.09. The predicted molar refractivity (Wildman–Crippen MR) is 226 cm³/mol. The number of nitrogens with zero attached hydrogens (tertiary/aromatic N) is 8. The highest BCUT2D eigenvalue weighted by Gasteiger charge is 2.65. The van der Waals surface area contributed by atoms with Crippen LogP contribution in [0.4, 0.5) is 70.2 Å². The number of benzene rings is 2. The van der Waals surface area contributed by atoms with E-state index in [1.165, 1.54) is 43.4 Å². The number of alkyl halides is 16. The molecule has 2 fully saturated rings. The molecule has 0 saturated heterocycles. The molecule has 8 rings (SSSR count). The van der Waals surface area contributed by atoms with E-state index < -0.39 is 99.2 Å². The molecular formula is C42H28Cl2F16N10O2S. The van der Waals surface area contributed by atoms with E-state index in [2.05, 4.69) is 30.3 Å². The van der Waals surface area contributed by atoms with Gasteiger partial charge in [-0.2, -0.15) is 95.2 Å². The number of aromatic nitrogens is 7. The fraction of sp³-hybridized carbons (Fsp3) is 0.357. The van der Waals surface area contributed by atoms with Crippen molar-refractivity contribution in [3.63, 3.8) is 0 Å². The van der Waals surface area contributed by atoms with Crippen LogP contribution >= 0.6 is 34.7 Å². The van der Waals surface area contributed by atoms with Crippen molar-refractivity contribution in [3.05, 3.63) is 92.2 Å². The number of hydrogen-bond donors (Lipinski definition) is 2. The second-order valence-electron chi connectivity index (χ2n) is 16.4. The van der Waals surface area contributed by atoms with Crippen LogP contribution in [0.3, 0.4) is 0 Å². The molecule has 0 bridgehead atoms. The van der Waals surface area contributed by atoms with Crippen molar-refractivity contribution >= 4 is 46.5 Å². The summed E-state index contributed by atoms with van der Waals surface area (Å²) < 4.78 is 221. The van der Waals surface area contributed by atoms with Crippen LogP contribution in [0.25, 0.3) is 44.5 Å². The Bertz CT molecular complexity index is 3190. The molecule has 2 N–H and O–H groups in total. The van der Waals surface area contributed by atoms with Gasteiger partial charge in [0, 0.05) is 32.7 Å². The van der Waals surface area contributed by atoms with E-state index in [4.69, 9.17) is 23.2 Å². The van der Waals surface area contributed by atoms with E-state index in [0.717, 1.165) is 43.8 Å². The molecule has 31 heteroatoms. The van der Waals surface area contributed by atoms with Crippen LogP contribution in [-0.2, 0) is 45.3 Å². The third-order valence-electron chi connectivity index (χ3n) is 11.1. The first-order valence-corrected chi connectivity index (χ1v) is 21.9. The van der Waals surface area contributed by atoms with E-state index in [1.54, 1.807) is 0 Å². The third kappa shape index (κ3) is 10.5. The molecule has 0 spiro atoms. The lowest BCUT2D eigenvalue weighted by atomic mass is 10.0. The molecule has 2 saturated carbocycles. The van der Waals surface area contributed by atoms with Crippen LogP contribution in [0.1, 0.15) is 68.9 Å². The van der Waals surface area contributed by atoms with Gasteiger partial charge in [-0.15, -0.1) is 0 Å². The van der Waals surface area contributed by atoms with Crippen molar-refractivity contribution in [3.8, 4) is 50.5 Å². The van der Waals surface area contributed by atoms with Gasteiger partial charge in [-0.25, -0.2) is 0 Å². The Balaban J connectivity index is 0.000000214. The van der Waals surface area contributed by atoms with Crippen molar-refractivity contribution in [1.82, 2.24) is 44.3 Å². The van der Waals surface area contributed by atoms with Crippen molar-refractivity contribution in [2.24, 2.45) is 21.1 Å². The van der Waals surface area contributed by atoms with Gasteiger partial charge in [0.25, 0.3) is 11.8 Å². The number of aryl methyl sites for hydroxylation is 3. The maximum absolute atomic E-state index is 14.0. The van der Waals surface area contributed by atoms with Gasteiger partial charge < -0.3 is 10.6 Å². The summed E-state index contributed by atoms with van der Waals surface area (Å²) in [5, 5.41) is 24.3. The Morgan fingerprint density at radius 3 is 1.58 bits per heavy atom. The molecule has 4 heterocycles. The third-order valence-corrected chi connectivity index (χ3v) is 12.6. The molecule has 12 nitrogen and oxygen atoms in total. The minimum absolute atomic E-state index is 0.00685. The zero-order chi connectivity index (χ0) is 54.3. The summed E-state index contributed by atoms with van der Waals surface area (Å²) in [4.78, 5) is 25.3. The molecule has 390 valence electrons. The molecule has 2 aliphatic carbocycles. The zero-order valence-electron chi connectivity index (χ0n) is 36.6. The Labute approximate surface area is 412 Å². The van der Waals surface area contributed by atoms with Gasteiger partial charge in [0.15, 0.2) is 11.4 Å². The highest BCUT2D eigenvalue weighted by Crippen LogP contribution is 2.52. The molecule has 2 aromatic carbocycles. The van der Waals surface area contributed by atoms with Crippen LogP contribution in [0.5, 0.6) is 0 Å². The molecule has 2 aliphatic rings. The number of hydrogen-bond acceptors (Lipinski definition) is 8. The summed E-state index contributed by atoms with van der Waals surface area (Å²) in [6.45, 7) is 0. The van der Waals surface area contributed by atoms with Crippen LogP contribution in [0.2, 0.25) is 10.0 Å². The van der Waals surface area contributed by atoms with Gasteiger partial charge in [0.05, 0.1) is 37.8 Å². The van der Waals surface area contributed by atoms with Crippen molar-refractivity contribution in [2.75, 3.05) is 0 Å². The topological polar surface area (TPSA) is 148 Å². The number of nitrogens with one attached hydrogen (secondary N) is 2. The fourth-order valence-corrected chi connectivity index (χ4v) is 8.27. The SMILES string of the molecule is Cn1nc(-c2c(C(F)(F)F)c(C(F)(F)C(F)(F)F)nn2C)cc1-c1ccc(Cl)c(C(=O)NC2(C#N)CC2)c1.Cn1nc(C(F)(F)C(F)(F)F)c(C(F)(F)F)c1-c1cc(-c2ccc(Cl)c(C(=O)NC3CC3)c2)sn1. The minimum atomic E-state index is -6.33. The van der Waals surface area contributed by atoms with Crippen LogP contribution in [0, 0.1) is 11.3 Å². The smallest absolute Gasteiger partial charge is 0.349 e. The van der Waals surface area contributed by atoms with Gasteiger partial charge in [-0.1, -0.05) is 35.3 Å². The number of amides is 2. The average molecular weight is 1110 g/mol. The predicted octanol–water partition coefficient (Wildman–Crippen LogP) is 12.0. The second kappa shape index (κ2) is 18.5. The first kappa shape index (κ1) is 54.4. The molecule has 0 aliphatic heterocycles. The lowest BCUT2D eigenvalue weighted by Gasteiger charge is -2.19. The van der Waals surface area contributed by atoms with Crippen LogP contribution < -0.4 is 10.6 Å². The molecule has 0 radical (unpaired) electrons. The Morgan fingerprint density at radius 2 is 1.12 bits per heavy atom. The Hall–Kier alpha value is -6.41. The molecule has 73 heavy (non-hydrogen) atoms. The fourth-order valence-electron chi connectivity index (χ4n) is 7.13. The summed E-state index contributed by atoms with van der Waals surface area (Å²) in [7, 11) is 2.88. The number of carbonyl (C=O) groups is 2. The number of carbonyl (C=O) groups excluding carboxylic acids is 2. The van der Waals surface area contributed by atoms with Crippen molar-refractivity contribution < 1.29 is 79.8 Å². The molecular weight excluding hydrogens is 1080 g/mol. The van der Waals surface area contributed by atoms with Gasteiger partial charge in [-0.05, 0) is 79.2 Å².